The molecule has 0 radical (unpaired) electrons. The maximum absolute atomic E-state index is 11.4. The SMILES string of the molecule is CCNC(=O)c1nn(CC)cc1Br. The molecule has 1 aromatic rings. The molecule has 4 nitrogen and oxygen atoms in total. The van der Waals surface area contributed by atoms with Crippen molar-refractivity contribution in [3.63, 3.8) is 0 Å². The Morgan fingerprint density at radius 1 is 1.69 bits per heavy atom. The van der Waals surface area contributed by atoms with Gasteiger partial charge in [-0.1, -0.05) is 0 Å². The number of amides is 1. The van der Waals surface area contributed by atoms with Gasteiger partial charge >= 0.3 is 0 Å². The lowest BCUT2D eigenvalue weighted by atomic mass is 10.4. The maximum Gasteiger partial charge on any atom is 0.272 e. The number of halogens is 1. The van der Waals surface area contributed by atoms with Crippen molar-refractivity contribution in [2.75, 3.05) is 6.54 Å². The van der Waals surface area contributed by atoms with Crippen LogP contribution in [0.4, 0.5) is 0 Å². The smallest absolute Gasteiger partial charge is 0.272 e. The van der Waals surface area contributed by atoms with Crippen LogP contribution in [0, 0.1) is 0 Å². The number of rotatable bonds is 3. The largest absolute Gasteiger partial charge is 0.351 e. The van der Waals surface area contributed by atoms with E-state index in [2.05, 4.69) is 26.3 Å². The van der Waals surface area contributed by atoms with Crippen LogP contribution in [0.15, 0.2) is 10.7 Å². The van der Waals surface area contributed by atoms with Gasteiger partial charge in [-0.15, -0.1) is 0 Å². The highest BCUT2D eigenvalue weighted by Crippen LogP contribution is 2.14. The molecule has 1 aromatic heterocycles. The van der Waals surface area contributed by atoms with Gasteiger partial charge in [0.05, 0.1) is 4.47 Å². The third kappa shape index (κ3) is 2.30. The van der Waals surface area contributed by atoms with Gasteiger partial charge in [0.1, 0.15) is 0 Å². The third-order valence-corrected chi connectivity index (χ3v) is 2.17. The molecule has 0 spiro atoms. The zero-order valence-electron chi connectivity index (χ0n) is 7.67. The zero-order chi connectivity index (χ0) is 9.84. The van der Waals surface area contributed by atoms with Crippen molar-refractivity contribution in [3.8, 4) is 0 Å². The molecule has 1 N–H and O–H groups in total. The summed E-state index contributed by atoms with van der Waals surface area (Å²) in [6.07, 6.45) is 1.80. The molecular weight excluding hydrogens is 234 g/mol. The van der Waals surface area contributed by atoms with Crippen LogP contribution in [-0.4, -0.2) is 22.2 Å². The van der Waals surface area contributed by atoms with E-state index in [9.17, 15) is 4.79 Å². The van der Waals surface area contributed by atoms with Gasteiger partial charge in [-0.2, -0.15) is 5.10 Å². The Hall–Kier alpha value is -0.840. The highest BCUT2D eigenvalue weighted by Gasteiger charge is 2.13. The van der Waals surface area contributed by atoms with Crippen molar-refractivity contribution < 1.29 is 4.79 Å². The molecule has 0 bridgehead atoms. The van der Waals surface area contributed by atoms with Gasteiger partial charge in [-0.25, -0.2) is 0 Å². The number of carbonyl (C=O) groups excluding carboxylic acids is 1. The first kappa shape index (κ1) is 10.2. The molecule has 1 rings (SSSR count). The Bertz CT molecular complexity index is 308. The number of hydrogen-bond acceptors (Lipinski definition) is 2. The highest BCUT2D eigenvalue weighted by atomic mass is 79.9. The maximum atomic E-state index is 11.4. The lowest BCUT2D eigenvalue weighted by molar-refractivity contribution is 0.0949. The van der Waals surface area contributed by atoms with E-state index in [1.165, 1.54) is 0 Å². The highest BCUT2D eigenvalue weighted by molar-refractivity contribution is 9.10. The van der Waals surface area contributed by atoms with E-state index in [0.717, 1.165) is 11.0 Å². The summed E-state index contributed by atoms with van der Waals surface area (Å²) in [7, 11) is 0. The van der Waals surface area contributed by atoms with Crippen molar-refractivity contribution in [3.05, 3.63) is 16.4 Å². The topological polar surface area (TPSA) is 46.9 Å². The molecule has 0 saturated heterocycles. The average Bonchev–Trinajstić information content (AvgIpc) is 2.47. The summed E-state index contributed by atoms with van der Waals surface area (Å²) in [6, 6.07) is 0. The average molecular weight is 246 g/mol. The molecule has 0 aliphatic carbocycles. The summed E-state index contributed by atoms with van der Waals surface area (Å²) in [6.45, 7) is 5.23. The molecule has 1 heterocycles. The second-order valence-electron chi connectivity index (χ2n) is 2.54. The van der Waals surface area contributed by atoms with Gasteiger partial charge in [-0.3, -0.25) is 9.48 Å². The molecular formula is C8H12BrN3O. The Balaban J connectivity index is 2.87. The minimum atomic E-state index is -0.137. The van der Waals surface area contributed by atoms with Crippen LogP contribution < -0.4 is 5.32 Å². The third-order valence-electron chi connectivity index (χ3n) is 1.59. The fourth-order valence-corrected chi connectivity index (χ4v) is 1.45. The Labute approximate surface area is 85.4 Å². The monoisotopic (exact) mass is 245 g/mol. The number of nitrogens with zero attached hydrogens (tertiary/aromatic N) is 2. The lowest BCUT2D eigenvalue weighted by Gasteiger charge is -1.97. The molecule has 1 amide bonds. The van der Waals surface area contributed by atoms with E-state index in [4.69, 9.17) is 0 Å². The number of aryl methyl sites for hydroxylation is 1. The normalized spacial score (nSPS) is 10.1. The molecule has 5 heteroatoms. The first-order valence-electron chi connectivity index (χ1n) is 4.20. The molecule has 0 atom stereocenters. The van der Waals surface area contributed by atoms with Gasteiger partial charge in [0.15, 0.2) is 5.69 Å². The fourth-order valence-electron chi connectivity index (χ4n) is 0.957. The van der Waals surface area contributed by atoms with Crippen LogP contribution in [-0.2, 0) is 6.54 Å². The Morgan fingerprint density at radius 2 is 2.38 bits per heavy atom. The number of nitrogens with one attached hydrogen (secondary N) is 1. The number of aromatic nitrogens is 2. The standard InChI is InChI=1S/C8H12BrN3O/c1-3-10-8(13)7-6(9)5-12(4-2)11-7/h5H,3-4H2,1-2H3,(H,10,13). The van der Waals surface area contributed by atoms with Gasteiger partial charge < -0.3 is 5.32 Å². The van der Waals surface area contributed by atoms with Crippen LogP contribution >= 0.6 is 15.9 Å². The summed E-state index contributed by atoms with van der Waals surface area (Å²) in [5, 5.41) is 6.80. The van der Waals surface area contributed by atoms with Crippen LogP contribution in [0.3, 0.4) is 0 Å². The minimum absolute atomic E-state index is 0.137. The van der Waals surface area contributed by atoms with E-state index in [1.807, 2.05) is 13.8 Å². The van der Waals surface area contributed by atoms with Crippen molar-refractivity contribution in [1.82, 2.24) is 15.1 Å². The van der Waals surface area contributed by atoms with Gasteiger partial charge in [0, 0.05) is 19.3 Å². The fraction of sp³-hybridized carbons (Fsp3) is 0.500. The summed E-state index contributed by atoms with van der Waals surface area (Å²) in [5.41, 5.74) is 0.448. The Morgan fingerprint density at radius 3 is 2.85 bits per heavy atom. The van der Waals surface area contributed by atoms with Gasteiger partial charge in [0.25, 0.3) is 5.91 Å². The molecule has 0 unspecified atom stereocenters. The molecule has 0 saturated carbocycles. The minimum Gasteiger partial charge on any atom is -0.351 e. The number of carbonyl (C=O) groups is 1. The predicted molar refractivity (Wildman–Crippen MR) is 53.6 cm³/mol. The predicted octanol–water partition coefficient (Wildman–Crippen LogP) is 1.42. The quantitative estimate of drug-likeness (QED) is 0.876. The molecule has 72 valence electrons. The van der Waals surface area contributed by atoms with Crippen molar-refractivity contribution in [2.24, 2.45) is 0 Å². The summed E-state index contributed by atoms with van der Waals surface area (Å²) in [5.74, 6) is -0.137. The van der Waals surface area contributed by atoms with Gasteiger partial charge in [0.2, 0.25) is 0 Å². The molecule has 0 fully saturated rings. The molecule has 0 aliphatic heterocycles. The molecule has 0 aliphatic rings. The summed E-state index contributed by atoms with van der Waals surface area (Å²) >= 11 is 3.28. The van der Waals surface area contributed by atoms with E-state index in [-0.39, 0.29) is 5.91 Å². The summed E-state index contributed by atoms with van der Waals surface area (Å²) in [4.78, 5) is 11.4. The van der Waals surface area contributed by atoms with E-state index < -0.39 is 0 Å². The molecule has 13 heavy (non-hydrogen) atoms. The van der Waals surface area contributed by atoms with Crippen LogP contribution in [0.25, 0.3) is 0 Å². The van der Waals surface area contributed by atoms with Crippen molar-refractivity contribution >= 4 is 21.8 Å². The first-order valence-corrected chi connectivity index (χ1v) is 4.99. The molecule has 0 aromatic carbocycles. The van der Waals surface area contributed by atoms with E-state index in [0.29, 0.717) is 12.2 Å². The number of hydrogen-bond donors (Lipinski definition) is 1. The summed E-state index contributed by atoms with van der Waals surface area (Å²) < 4.78 is 2.45. The Kier molecular flexibility index (Phi) is 3.48. The van der Waals surface area contributed by atoms with Gasteiger partial charge in [-0.05, 0) is 29.8 Å². The van der Waals surface area contributed by atoms with Crippen LogP contribution in [0.2, 0.25) is 0 Å². The lowest BCUT2D eigenvalue weighted by Crippen LogP contribution is -2.23. The van der Waals surface area contributed by atoms with Crippen LogP contribution in [0.5, 0.6) is 0 Å². The van der Waals surface area contributed by atoms with Crippen molar-refractivity contribution in [2.45, 2.75) is 20.4 Å². The zero-order valence-corrected chi connectivity index (χ0v) is 9.26. The van der Waals surface area contributed by atoms with Crippen molar-refractivity contribution in [1.29, 1.82) is 0 Å². The first-order chi connectivity index (χ1) is 6.19. The van der Waals surface area contributed by atoms with E-state index in [1.54, 1.807) is 10.9 Å². The second-order valence-corrected chi connectivity index (χ2v) is 3.40. The second kappa shape index (κ2) is 4.41. The van der Waals surface area contributed by atoms with E-state index >= 15 is 0 Å². The van der Waals surface area contributed by atoms with Crippen LogP contribution in [0.1, 0.15) is 24.3 Å².